The third-order valence-electron chi connectivity index (χ3n) is 2.99. The topological polar surface area (TPSA) is 49.4 Å². The Morgan fingerprint density at radius 2 is 1.82 bits per heavy atom. The van der Waals surface area contributed by atoms with E-state index in [2.05, 4.69) is 5.32 Å². The van der Waals surface area contributed by atoms with Gasteiger partial charge in [0.25, 0.3) is 0 Å². The quantitative estimate of drug-likeness (QED) is 0.766. The Bertz CT molecular complexity index is 452. The van der Waals surface area contributed by atoms with Crippen LogP contribution in [0.5, 0.6) is 0 Å². The summed E-state index contributed by atoms with van der Waals surface area (Å²) < 4.78 is 0. The molecule has 0 spiro atoms. The molecule has 0 bridgehead atoms. The number of aryl methyl sites for hydroxylation is 2. The van der Waals surface area contributed by atoms with Crippen molar-refractivity contribution in [3.05, 3.63) is 34.9 Å². The first kappa shape index (κ1) is 11.8. The van der Waals surface area contributed by atoms with Gasteiger partial charge in [-0.25, -0.2) is 0 Å². The van der Waals surface area contributed by atoms with Crippen LogP contribution in [-0.2, 0) is 16.1 Å². The zero-order valence-electron chi connectivity index (χ0n) is 10.1. The normalized spacial score (nSPS) is 16.5. The van der Waals surface area contributed by atoms with E-state index in [-0.39, 0.29) is 24.9 Å². The molecule has 1 fully saturated rings. The summed E-state index contributed by atoms with van der Waals surface area (Å²) in [6.45, 7) is 4.87. The molecule has 1 aliphatic rings. The number of hydrogen-bond donors (Lipinski definition) is 1. The van der Waals surface area contributed by atoms with E-state index < -0.39 is 0 Å². The highest BCUT2D eigenvalue weighted by molar-refractivity contribution is 5.99. The molecule has 1 aliphatic heterocycles. The molecular formula is C13H16N2O2. The lowest BCUT2D eigenvalue weighted by Gasteiger charge is -2.26. The van der Waals surface area contributed by atoms with Crippen molar-refractivity contribution >= 4 is 11.8 Å². The van der Waals surface area contributed by atoms with E-state index >= 15 is 0 Å². The lowest BCUT2D eigenvalue weighted by atomic mass is 10.0. The van der Waals surface area contributed by atoms with Crippen molar-refractivity contribution in [3.63, 3.8) is 0 Å². The molecule has 1 aromatic rings. The van der Waals surface area contributed by atoms with E-state index in [1.807, 2.05) is 32.0 Å². The molecule has 2 rings (SSSR count). The summed E-state index contributed by atoms with van der Waals surface area (Å²) in [4.78, 5) is 24.6. The third-order valence-corrected chi connectivity index (χ3v) is 2.99. The van der Waals surface area contributed by atoms with Gasteiger partial charge in [-0.05, 0) is 25.0 Å². The number of nitrogens with zero attached hydrogens (tertiary/aromatic N) is 1. The average Bonchev–Trinajstić information content (AvgIpc) is 2.28. The number of imide groups is 1. The smallest absolute Gasteiger partial charge is 0.243 e. The second kappa shape index (κ2) is 4.67. The predicted molar refractivity (Wildman–Crippen MR) is 64.3 cm³/mol. The van der Waals surface area contributed by atoms with Crippen LogP contribution in [0.3, 0.4) is 0 Å². The number of hydrogen-bond acceptors (Lipinski definition) is 3. The van der Waals surface area contributed by atoms with E-state index in [4.69, 9.17) is 0 Å². The minimum atomic E-state index is -0.151. The maximum atomic E-state index is 11.6. The number of rotatable bonds is 2. The summed E-state index contributed by atoms with van der Waals surface area (Å²) in [6.07, 6.45) is 0. The van der Waals surface area contributed by atoms with Crippen molar-refractivity contribution in [3.8, 4) is 0 Å². The number of benzene rings is 1. The molecule has 0 radical (unpaired) electrons. The Morgan fingerprint density at radius 1 is 1.18 bits per heavy atom. The Morgan fingerprint density at radius 3 is 2.47 bits per heavy atom. The maximum Gasteiger partial charge on any atom is 0.243 e. The van der Waals surface area contributed by atoms with Crippen molar-refractivity contribution < 1.29 is 9.59 Å². The molecule has 90 valence electrons. The summed E-state index contributed by atoms with van der Waals surface area (Å²) in [5, 5.41) is 2.79. The van der Waals surface area contributed by atoms with Gasteiger partial charge in [-0.2, -0.15) is 0 Å². The molecular weight excluding hydrogens is 216 g/mol. The van der Waals surface area contributed by atoms with Gasteiger partial charge in [0, 0.05) is 0 Å². The minimum absolute atomic E-state index is 0.151. The SMILES string of the molecule is Cc1ccc(C)c(CN2C(=O)CNCC2=O)c1. The van der Waals surface area contributed by atoms with Crippen LogP contribution in [0.1, 0.15) is 16.7 Å². The highest BCUT2D eigenvalue weighted by Crippen LogP contribution is 2.14. The van der Waals surface area contributed by atoms with Crippen molar-refractivity contribution in [1.82, 2.24) is 10.2 Å². The highest BCUT2D eigenvalue weighted by Gasteiger charge is 2.25. The Hall–Kier alpha value is -1.68. The van der Waals surface area contributed by atoms with Crippen LogP contribution in [0, 0.1) is 13.8 Å². The number of nitrogens with one attached hydrogen (secondary N) is 1. The highest BCUT2D eigenvalue weighted by atomic mass is 16.2. The van der Waals surface area contributed by atoms with Crippen molar-refractivity contribution in [2.24, 2.45) is 0 Å². The van der Waals surface area contributed by atoms with Gasteiger partial charge in [-0.3, -0.25) is 19.8 Å². The Balaban J connectivity index is 2.21. The monoisotopic (exact) mass is 232 g/mol. The van der Waals surface area contributed by atoms with Gasteiger partial charge in [-0.1, -0.05) is 23.8 Å². The predicted octanol–water partition coefficient (Wildman–Crippen LogP) is 0.762. The molecule has 2 amide bonds. The fraction of sp³-hybridized carbons (Fsp3) is 0.385. The van der Waals surface area contributed by atoms with Gasteiger partial charge in [0.05, 0.1) is 19.6 Å². The molecule has 0 atom stereocenters. The van der Waals surface area contributed by atoms with Crippen LogP contribution < -0.4 is 5.32 Å². The number of carbonyl (C=O) groups excluding carboxylic acids is 2. The lowest BCUT2D eigenvalue weighted by Crippen LogP contribution is -2.51. The number of carbonyl (C=O) groups is 2. The van der Waals surface area contributed by atoms with E-state index in [0.717, 1.165) is 16.7 Å². The fourth-order valence-electron chi connectivity index (χ4n) is 1.92. The van der Waals surface area contributed by atoms with Gasteiger partial charge in [0.1, 0.15) is 0 Å². The molecule has 4 nitrogen and oxygen atoms in total. The van der Waals surface area contributed by atoms with Crippen LogP contribution >= 0.6 is 0 Å². The Kier molecular flexibility index (Phi) is 3.24. The van der Waals surface area contributed by atoms with Crippen LogP contribution in [0.4, 0.5) is 0 Å². The number of piperazine rings is 1. The summed E-state index contributed by atoms with van der Waals surface area (Å²) in [6, 6.07) is 6.07. The minimum Gasteiger partial charge on any atom is -0.300 e. The van der Waals surface area contributed by atoms with Crippen LogP contribution in [0.2, 0.25) is 0 Å². The molecule has 17 heavy (non-hydrogen) atoms. The van der Waals surface area contributed by atoms with Gasteiger partial charge >= 0.3 is 0 Å². The molecule has 1 saturated heterocycles. The second-order valence-corrected chi connectivity index (χ2v) is 4.41. The lowest BCUT2D eigenvalue weighted by molar-refractivity contribution is -0.147. The van der Waals surface area contributed by atoms with Gasteiger partial charge in [0.2, 0.25) is 11.8 Å². The summed E-state index contributed by atoms with van der Waals surface area (Å²) in [5.41, 5.74) is 3.28. The molecule has 1 N–H and O–H groups in total. The summed E-state index contributed by atoms with van der Waals surface area (Å²) >= 11 is 0. The maximum absolute atomic E-state index is 11.6. The number of amides is 2. The summed E-state index contributed by atoms with van der Waals surface area (Å²) in [5.74, 6) is -0.302. The molecule has 0 unspecified atom stereocenters. The van der Waals surface area contributed by atoms with E-state index in [1.54, 1.807) is 0 Å². The molecule has 1 aromatic carbocycles. The third kappa shape index (κ3) is 2.53. The molecule has 0 aliphatic carbocycles. The average molecular weight is 232 g/mol. The first-order valence-corrected chi connectivity index (χ1v) is 5.68. The van der Waals surface area contributed by atoms with Crippen molar-refractivity contribution in [2.75, 3.05) is 13.1 Å². The fourth-order valence-corrected chi connectivity index (χ4v) is 1.92. The standard InChI is InChI=1S/C13H16N2O2/c1-9-3-4-10(2)11(5-9)8-15-12(16)6-14-7-13(15)17/h3-5,14H,6-8H2,1-2H3. The van der Waals surface area contributed by atoms with Crippen molar-refractivity contribution in [1.29, 1.82) is 0 Å². The molecule has 1 heterocycles. The van der Waals surface area contributed by atoms with E-state index in [1.165, 1.54) is 4.90 Å². The van der Waals surface area contributed by atoms with E-state index in [9.17, 15) is 9.59 Å². The van der Waals surface area contributed by atoms with Gasteiger partial charge in [0.15, 0.2) is 0 Å². The second-order valence-electron chi connectivity index (χ2n) is 4.41. The zero-order valence-corrected chi connectivity index (χ0v) is 10.1. The van der Waals surface area contributed by atoms with Gasteiger partial charge in [-0.15, -0.1) is 0 Å². The van der Waals surface area contributed by atoms with Crippen LogP contribution in [0.25, 0.3) is 0 Å². The zero-order chi connectivity index (χ0) is 12.4. The van der Waals surface area contributed by atoms with Crippen LogP contribution in [-0.4, -0.2) is 29.8 Å². The first-order valence-electron chi connectivity index (χ1n) is 5.68. The van der Waals surface area contributed by atoms with Gasteiger partial charge < -0.3 is 0 Å². The molecule has 0 aromatic heterocycles. The summed E-state index contributed by atoms with van der Waals surface area (Å²) in [7, 11) is 0. The first-order chi connectivity index (χ1) is 8.08. The molecule has 0 saturated carbocycles. The largest absolute Gasteiger partial charge is 0.300 e. The van der Waals surface area contributed by atoms with E-state index in [0.29, 0.717) is 6.54 Å². The van der Waals surface area contributed by atoms with Crippen molar-refractivity contribution in [2.45, 2.75) is 20.4 Å². The molecule has 4 heteroatoms. The Labute approximate surface area is 101 Å². The van der Waals surface area contributed by atoms with Crippen LogP contribution in [0.15, 0.2) is 18.2 Å².